The number of hydrogen-bond donors (Lipinski definition) is 0. The molecule has 0 saturated heterocycles. The van der Waals surface area contributed by atoms with Gasteiger partial charge in [0.2, 0.25) is 0 Å². The van der Waals surface area contributed by atoms with Crippen LogP contribution in [0.5, 0.6) is 0 Å². The number of hydrogen-bond acceptors (Lipinski definition) is 5. The lowest BCUT2D eigenvalue weighted by atomic mass is 10.2. The van der Waals surface area contributed by atoms with Crippen LogP contribution in [-0.2, 0) is 0 Å². The lowest BCUT2D eigenvalue weighted by Gasteiger charge is -2.09. The summed E-state index contributed by atoms with van der Waals surface area (Å²) in [5, 5.41) is 22.1. The van der Waals surface area contributed by atoms with E-state index < -0.39 is 9.85 Å². The van der Waals surface area contributed by atoms with Crippen LogP contribution in [0.2, 0.25) is 0 Å². The van der Waals surface area contributed by atoms with Crippen LogP contribution in [0.25, 0.3) is 5.69 Å². The first-order valence-corrected chi connectivity index (χ1v) is 8.51. The molecular weight excluding hydrogens is 360 g/mol. The van der Waals surface area contributed by atoms with Gasteiger partial charge in [0.15, 0.2) is 0 Å². The second kappa shape index (κ2) is 7.43. The van der Waals surface area contributed by atoms with E-state index in [1.165, 1.54) is 18.2 Å². The number of aromatic nitrogens is 1. The molecule has 0 aliphatic carbocycles. The zero-order valence-electron chi connectivity index (χ0n) is 15.6. The number of aliphatic imine (C=N–C) groups is 1. The molecule has 8 nitrogen and oxygen atoms in total. The molecule has 8 heteroatoms. The third kappa shape index (κ3) is 3.66. The molecule has 142 valence electrons. The predicted octanol–water partition coefficient (Wildman–Crippen LogP) is 4.97. The van der Waals surface area contributed by atoms with E-state index in [9.17, 15) is 20.2 Å². The molecule has 1 heterocycles. The monoisotopic (exact) mass is 378 g/mol. The van der Waals surface area contributed by atoms with Gasteiger partial charge < -0.3 is 4.57 Å². The van der Waals surface area contributed by atoms with Crippen molar-refractivity contribution in [3.63, 3.8) is 0 Å². The highest BCUT2D eigenvalue weighted by Gasteiger charge is 2.13. The van der Waals surface area contributed by atoms with Crippen molar-refractivity contribution in [1.82, 2.24) is 4.57 Å². The van der Waals surface area contributed by atoms with Crippen molar-refractivity contribution in [3.05, 3.63) is 91.3 Å². The summed E-state index contributed by atoms with van der Waals surface area (Å²) >= 11 is 0. The second-order valence-corrected chi connectivity index (χ2v) is 6.42. The van der Waals surface area contributed by atoms with Crippen LogP contribution in [-0.4, -0.2) is 20.6 Å². The van der Waals surface area contributed by atoms with Crippen molar-refractivity contribution >= 4 is 23.3 Å². The van der Waals surface area contributed by atoms with Crippen LogP contribution in [0.4, 0.5) is 17.1 Å². The Kier molecular flexibility index (Phi) is 5.04. The topological polar surface area (TPSA) is 104 Å². The van der Waals surface area contributed by atoms with Crippen LogP contribution in [0.1, 0.15) is 22.5 Å². The molecule has 1 aromatic heterocycles. The summed E-state index contributed by atoms with van der Waals surface area (Å²) < 4.78 is 1.91. The molecule has 0 fully saturated rings. The van der Waals surface area contributed by atoms with Gasteiger partial charge >= 0.3 is 0 Å². The largest absolute Gasteiger partial charge is 0.318 e. The van der Waals surface area contributed by atoms with Gasteiger partial charge in [-0.05, 0) is 39.0 Å². The molecule has 0 spiro atoms. The van der Waals surface area contributed by atoms with E-state index >= 15 is 0 Å². The summed E-state index contributed by atoms with van der Waals surface area (Å²) in [6.45, 7) is 5.48. The zero-order valence-corrected chi connectivity index (χ0v) is 15.6. The highest BCUT2D eigenvalue weighted by atomic mass is 16.6. The van der Waals surface area contributed by atoms with Crippen LogP contribution in [0.15, 0.2) is 53.5 Å². The van der Waals surface area contributed by atoms with Gasteiger partial charge in [-0.3, -0.25) is 25.2 Å². The number of benzene rings is 2. The molecule has 0 unspecified atom stereocenters. The minimum Gasteiger partial charge on any atom is -0.318 e. The highest BCUT2D eigenvalue weighted by Crippen LogP contribution is 2.26. The van der Waals surface area contributed by atoms with Crippen LogP contribution >= 0.6 is 0 Å². The molecule has 2 aromatic carbocycles. The van der Waals surface area contributed by atoms with Crippen molar-refractivity contribution in [3.8, 4) is 5.69 Å². The molecule has 0 aliphatic heterocycles. The number of nitrogens with zero attached hydrogens (tertiary/aromatic N) is 4. The fourth-order valence-corrected chi connectivity index (χ4v) is 3.08. The first-order chi connectivity index (χ1) is 13.3. The van der Waals surface area contributed by atoms with Crippen LogP contribution in [0.3, 0.4) is 0 Å². The minimum absolute atomic E-state index is 0.0205. The molecule has 3 aromatic rings. The van der Waals surface area contributed by atoms with Gasteiger partial charge in [-0.25, -0.2) is 0 Å². The summed E-state index contributed by atoms with van der Waals surface area (Å²) in [6.07, 6.45) is 1.64. The Morgan fingerprint density at radius 1 is 0.964 bits per heavy atom. The molecule has 0 saturated carbocycles. The number of non-ortho nitro benzene ring substituents is 1. The lowest BCUT2D eigenvalue weighted by Crippen LogP contribution is -2.00. The summed E-state index contributed by atoms with van der Waals surface area (Å²) in [5.74, 6) is 0. The van der Waals surface area contributed by atoms with Crippen molar-refractivity contribution in [1.29, 1.82) is 0 Å². The van der Waals surface area contributed by atoms with E-state index in [0.29, 0.717) is 16.9 Å². The fourth-order valence-electron chi connectivity index (χ4n) is 3.08. The Balaban J connectivity index is 1.98. The Morgan fingerprint density at radius 2 is 1.71 bits per heavy atom. The van der Waals surface area contributed by atoms with Gasteiger partial charge in [0.05, 0.1) is 21.2 Å². The number of aryl methyl sites for hydroxylation is 2. The molecule has 0 atom stereocenters. The Hall–Kier alpha value is -3.81. The van der Waals surface area contributed by atoms with Gasteiger partial charge in [0, 0.05) is 46.9 Å². The minimum atomic E-state index is -0.428. The average Bonchev–Trinajstić information content (AvgIpc) is 2.94. The van der Waals surface area contributed by atoms with Crippen molar-refractivity contribution < 1.29 is 9.85 Å². The van der Waals surface area contributed by atoms with Gasteiger partial charge in [0.1, 0.15) is 0 Å². The first-order valence-electron chi connectivity index (χ1n) is 8.51. The molecular formula is C20H18N4O4. The highest BCUT2D eigenvalue weighted by molar-refractivity contribution is 5.84. The predicted molar refractivity (Wildman–Crippen MR) is 107 cm³/mol. The average molecular weight is 378 g/mol. The number of rotatable bonds is 5. The quantitative estimate of drug-likeness (QED) is 0.355. The van der Waals surface area contributed by atoms with Crippen molar-refractivity contribution in [2.24, 2.45) is 4.99 Å². The second-order valence-electron chi connectivity index (χ2n) is 6.42. The van der Waals surface area contributed by atoms with E-state index in [0.717, 1.165) is 17.0 Å². The molecule has 0 aliphatic rings. The maximum Gasteiger partial charge on any atom is 0.274 e. The van der Waals surface area contributed by atoms with E-state index in [4.69, 9.17) is 0 Å². The normalized spacial score (nSPS) is 11.1. The van der Waals surface area contributed by atoms with Crippen molar-refractivity contribution in [2.45, 2.75) is 20.8 Å². The number of nitro groups is 2. The van der Waals surface area contributed by atoms with Gasteiger partial charge in [-0.15, -0.1) is 0 Å². The SMILES string of the molecule is Cc1ccc(N=Cc2cc(C)n(-c3cccc([N+](=O)[O-])c3)c2C)cc1[N+](=O)[O-]. The smallest absolute Gasteiger partial charge is 0.274 e. The molecule has 0 N–H and O–H groups in total. The standard InChI is InChI=1S/C20H18N4O4/c1-13-7-8-17(10-20(13)24(27)28)21-12-16-9-14(2)22(15(16)3)18-5-4-6-19(11-18)23(25)26/h4-12H,1-3H3. The maximum atomic E-state index is 11.1. The maximum absolute atomic E-state index is 11.1. The van der Waals surface area contributed by atoms with Crippen molar-refractivity contribution in [2.75, 3.05) is 0 Å². The Morgan fingerprint density at radius 3 is 2.39 bits per heavy atom. The Labute approximate surface area is 161 Å². The third-order valence-electron chi connectivity index (χ3n) is 4.51. The van der Waals surface area contributed by atoms with E-state index in [1.54, 1.807) is 37.4 Å². The zero-order chi connectivity index (χ0) is 20.4. The first kappa shape index (κ1) is 19.0. The van der Waals surface area contributed by atoms with E-state index in [1.807, 2.05) is 24.5 Å². The van der Waals surface area contributed by atoms with Crippen LogP contribution in [0, 0.1) is 41.0 Å². The summed E-state index contributed by atoms with van der Waals surface area (Å²) in [6, 6.07) is 13.2. The molecule has 3 rings (SSSR count). The fraction of sp³-hybridized carbons (Fsp3) is 0.150. The summed E-state index contributed by atoms with van der Waals surface area (Å²) in [7, 11) is 0. The van der Waals surface area contributed by atoms with Crippen LogP contribution < -0.4 is 0 Å². The lowest BCUT2D eigenvalue weighted by molar-refractivity contribution is -0.385. The molecule has 0 radical (unpaired) electrons. The van der Waals surface area contributed by atoms with Gasteiger partial charge in [-0.2, -0.15) is 0 Å². The number of nitro benzene ring substituents is 2. The summed E-state index contributed by atoms with van der Waals surface area (Å²) in [5.41, 5.74) is 4.38. The van der Waals surface area contributed by atoms with Gasteiger partial charge in [-0.1, -0.05) is 12.1 Å². The molecule has 0 bridgehead atoms. The van der Waals surface area contributed by atoms with E-state index in [-0.39, 0.29) is 11.4 Å². The molecule has 0 amide bonds. The molecule has 28 heavy (non-hydrogen) atoms. The third-order valence-corrected chi connectivity index (χ3v) is 4.51. The van der Waals surface area contributed by atoms with E-state index in [2.05, 4.69) is 4.99 Å². The summed E-state index contributed by atoms with van der Waals surface area (Å²) in [4.78, 5) is 25.6. The Bertz CT molecular complexity index is 1120. The van der Waals surface area contributed by atoms with Gasteiger partial charge in [0.25, 0.3) is 11.4 Å².